The molecule has 1 N–H and O–H groups in total. The topological polar surface area (TPSA) is 33.7 Å². The second-order valence-corrected chi connectivity index (χ2v) is 7.66. The minimum absolute atomic E-state index is 0.0577. The van der Waals surface area contributed by atoms with Crippen molar-refractivity contribution in [2.75, 3.05) is 6.61 Å². The summed E-state index contributed by atoms with van der Waals surface area (Å²) in [5, 5.41) is 2.85. The van der Waals surface area contributed by atoms with Gasteiger partial charge >= 0.3 is 0 Å². The van der Waals surface area contributed by atoms with Gasteiger partial charge < -0.3 is 14.9 Å². The van der Waals surface area contributed by atoms with Gasteiger partial charge in [0.15, 0.2) is 6.23 Å². The number of para-hydroxylation sites is 1. The summed E-state index contributed by atoms with van der Waals surface area (Å²) in [4.78, 5) is 0. The predicted molar refractivity (Wildman–Crippen MR) is 119 cm³/mol. The zero-order chi connectivity index (χ0) is 20.5. The molecule has 3 aromatic carbocycles. The molecule has 0 spiro atoms. The van der Waals surface area contributed by atoms with Crippen molar-refractivity contribution in [2.24, 2.45) is 0 Å². The van der Waals surface area contributed by atoms with Crippen molar-refractivity contribution in [1.29, 1.82) is 0 Å². The zero-order valence-corrected chi connectivity index (χ0v) is 17.0. The number of rotatable bonds is 5. The van der Waals surface area contributed by atoms with E-state index in [1.807, 2.05) is 54.6 Å². The van der Waals surface area contributed by atoms with Crippen LogP contribution in [0.2, 0.25) is 5.02 Å². The summed E-state index contributed by atoms with van der Waals surface area (Å²) < 4.78 is 12.0. The lowest BCUT2D eigenvalue weighted by atomic mass is 10.0. The van der Waals surface area contributed by atoms with Crippen LogP contribution in [0.4, 0.5) is 0 Å². The highest BCUT2D eigenvalue weighted by molar-refractivity contribution is 6.30. The van der Waals surface area contributed by atoms with E-state index in [-0.39, 0.29) is 12.3 Å². The fraction of sp³-hybridized carbons (Fsp3) is 0.120. The van der Waals surface area contributed by atoms with Crippen LogP contribution >= 0.6 is 11.6 Å². The first kappa shape index (κ1) is 18.8. The molecule has 0 amide bonds. The lowest BCUT2D eigenvalue weighted by Gasteiger charge is -2.38. The molecule has 5 heteroatoms. The van der Waals surface area contributed by atoms with E-state index in [2.05, 4.69) is 41.3 Å². The van der Waals surface area contributed by atoms with Gasteiger partial charge in [0, 0.05) is 16.1 Å². The molecule has 4 nitrogen and oxygen atoms in total. The molecular weight excluding hydrogens is 396 g/mol. The summed E-state index contributed by atoms with van der Waals surface area (Å²) in [5.74, 6) is 1.72. The van der Waals surface area contributed by atoms with Crippen LogP contribution < -0.4 is 14.9 Å². The van der Waals surface area contributed by atoms with Crippen molar-refractivity contribution in [2.45, 2.75) is 12.3 Å². The standard InChI is InChI=1S/C25H21ClN2O2/c1-2-15-29-20-13-9-17(10-14-20)22-16-23-21-5-3-4-6-24(21)30-25(28(23)27-22)18-7-11-19(26)12-8-18/h2-14,16,23,25,27H,1,15H2/t23-,25-/m0/s1. The molecule has 0 saturated carbocycles. The van der Waals surface area contributed by atoms with E-state index in [4.69, 9.17) is 21.1 Å². The molecule has 0 aliphatic carbocycles. The summed E-state index contributed by atoms with van der Waals surface area (Å²) in [6.07, 6.45) is 3.71. The van der Waals surface area contributed by atoms with Crippen LogP contribution in [0.3, 0.4) is 0 Å². The van der Waals surface area contributed by atoms with Crippen molar-refractivity contribution < 1.29 is 9.47 Å². The van der Waals surface area contributed by atoms with E-state index >= 15 is 0 Å². The van der Waals surface area contributed by atoms with E-state index in [0.717, 1.165) is 33.9 Å². The van der Waals surface area contributed by atoms with Crippen molar-refractivity contribution >= 4 is 17.3 Å². The Bertz CT molecular complexity index is 1090. The van der Waals surface area contributed by atoms with Gasteiger partial charge in [-0.15, -0.1) is 0 Å². The first-order valence-electron chi connectivity index (χ1n) is 9.85. The zero-order valence-electron chi connectivity index (χ0n) is 16.3. The Morgan fingerprint density at radius 3 is 2.57 bits per heavy atom. The normalized spacial score (nSPS) is 19.7. The van der Waals surface area contributed by atoms with Gasteiger partial charge in [-0.3, -0.25) is 0 Å². The molecular formula is C25H21ClN2O2. The van der Waals surface area contributed by atoms with E-state index in [1.54, 1.807) is 6.08 Å². The second kappa shape index (κ2) is 7.90. The summed E-state index contributed by atoms with van der Waals surface area (Å²) in [6.45, 7) is 4.18. The van der Waals surface area contributed by atoms with Gasteiger partial charge in [0.1, 0.15) is 18.1 Å². The summed E-state index contributed by atoms with van der Waals surface area (Å²) in [6, 6.07) is 24.1. The third kappa shape index (κ3) is 3.45. The Hall–Kier alpha value is -3.21. The van der Waals surface area contributed by atoms with E-state index in [1.165, 1.54) is 0 Å². The van der Waals surface area contributed by atoms with Crippen LogP contribution in [-0.2, 0) is 0 Å². The summed E-state index contributed by atoms with van der Waals surface area (Å²) in [7, 11) is 0. The molecule has 5 rings (SSSR count). The molecule has 30 heavy (non-hydrogen) atoms. The molecule has 2 aliphatic rings. The third-order valence-corrected chi connectivity index (χ3v) is 5.54. The molecule has 3 aromatic rings. The van der Waals surface area contributed by atoms with E-state index < -0.39 is 0 Å². The Morgan fingerprint density at radius 1 is 1.03 bits per heavy atom. The van der Waals surface area contributed by atoms with Crippen LogP contribution in [0.5, 0.6) is 11.5 Å². The summed E-state index contributed by atoms with van der Waals surface area (Å²) in [5.41, 5.74) is 7.85. The van der Waals surface area contributed by atoms with E-state index in [9.17, 15) is 0 Å². The van der Waals surface area contributed by atoms with Gasteiger partial charge in [0.05, 0.1) is 11.7 Å². The van der Waals surface area contributed by atoms with Gasteiger partial charge in [-0.25, -0.2) is 0 Å². The average Bonchev–Trinajstić information content (AvgIpc) is 3.24. The molecule has 150 valence electrons. The number of hydrazine groups is 1. The molecule has 0 saturated heterocycles. The maximum atomic E-state index is 6.38. The minimum atomic E-state index is -0.272. The second-order valence-electron chi connectivity index (χ2n) is 7.23. The predicted octanol–water partition coefficient (Wildman–Crippen LogP) is 5.90. The number of ether oxygens (including phenoxy) is 2. The Morgan fingerprint density at radius 2 is 1.80 bits per heavy atom. The largest absolute Gasteiger partial charge is 0.490 e. The number of nitrogens with one attached hydrogen (secondary N) is 1. The maximum Gasteiger partial charge on any atom is 0.195 e. The van der Waals surface area contributed by atoms with Crippen LogP contribution in [0.25, 0.3) is 5.70 Å². The molecule has 0 bridgehead atoms. The molecule has 2 heterocycles. The van der Waals surface area contributed by atoms with Crippen LogP contribution in [0.1, 0.15) is 29.0 Å². The van der Waals surface area contributed by atoms with Crippen LogP contribution in [0, 0.1) is 0 Å². The van der Waals surface area contributed by atoms with Gasteiger partial charge in [-0.05, 0) is 54.1 Å². The first-order valence-corrected chi connectivity index (χ1v) is 10.2. The van der Waals surface area contributed by atoms with Crippen molar-refractivity contribution in [3.8, 4) is 11.5 Å². The van der Waals surface area contributed by atoms with Crippen molar-refractivity contribution in [1.82, 2.24) is 10.4 Å². The lowest BCUT2D eigenvalue weighted by molar-refractivity contribution is -0.0326. The quantitative estimate of drug-likeness (QED) is 0.525. The Labute approximate surface area is 181 Å². The van der Waals surface area contributed by atoms with Gasteiger partial charge in [0.2, 0.25) is 0 Å². The molecule has 0 fully saturated rings. The molecule has 2 aliphatic heterocycles. The number of nitrogens with zero attached hydrogens (tertiary/aromatic N) is 1. The number of halogens is 1. The van der Waals surface area contributed by atoms with Gasteiger partial charge in [-0.2, -0.15) is 5.01 Å². The van der Waals surface area contributed by atoms with Crippen LogP contribution in [0.15, 0.2) is 91.5 Å². The average molecular weight is 417 g/mol. The van der Waals surface area contributed by atoms with E-state index in [0.29, 0.717) is 11.6 Å². The molecule has 2 atom stereocenters. The number of hydrogen-bond donors (Lipinski definition) is 1. The molecule has 0 aromatic heterocycles. The number of benzene rings is 3. The van der Waals surface area contributed by atoms with Gasteiger partial charge in [0.25, 0.3) is 0 Å². The highest BCUT2D eigenvalue weighted by Crippen LogP contribution is 2.45. The smallest absolute Gasteiger partial charge is 0.195 e. The van der Waals surface area contributed by atoms with Crippen molar-refractivity contribution in [3.05, 3.63) is 113 Å². The highest BCUT2D eigenvalue weighted by atomic mass is 35.5. The lowest BCUT2D eigenvalue weighted by Crippen LogP contribution is -2.43. The molecule has 0 radical (unpaired) electrons. The van der Waals surface area contributed by atoms with Crippen molar-refractivity contribution in [3.63, 3.8) is 0 Å². The maximum absolute atomic E-state index is 6.38. The number of fused-ring (bicyclic) bond motifs is 3. The fourth-order valence-corrected chi connectivity index (χ4v) is 3.97. The minimum Gasteiger partial charge on any atom is -0.490 e. The van der Waals surface area contributed by atoms with Gasteiger partial charge in [-0.1, -0.05) is 54.6 Å². The van der Waals surface area contributed by atoms with Crippen LogP contribution in [-0.4, -0.2) is 11.6 Å². The SMILES string of the molecule is C=CCOc1ccc(C2=C[C@H]3c4ccccc4O[C@@H](c4ccc(Cl)cc4)N3N2)cc1. The Balaban J connectivity index is 1.48. The fourth-order valence-electron chi connectivity index (χ4n) is 3.84. The third-order valence-electron chi connectivity index (χ3n) is 5.29. The summed E-state index contributed by atoms with van der Waals surface area (Å²) >= 11 is 6.09. The monoisotopic (exact) mass is 416 g/mol. The first-order chi connectivity index (χ1) is 14.7. The highest BCUT2D eigenvalue weighted by Gasteiger charge is 2.39. The Kier molecular flexibility index (Phi) is 4.95. The number of hydrogen-bond acceptors (Lipinski definition) is 4. The molecule has 0 unspecified atom stereocenters.